The number of benzene rings is 1. The molecule has 5 nitrogen and oxygen atoms in total. The van der Waals surface area contributed by atoms with Crippen molar-refractivity contribution in [2.75, 3.05) is 47.0 Å². The largest absolute Gasteiger partial charge is 0.484 e. The number of carbonyl (C=O) groups is 1. The molecule has 1 aromatic rings. The van der Waals surface area contributed by atoms with Gasteiger partial charge in [-0.1, -0.05) is 0 Å². The van der Waals surface area contributed by atoms with Crippen molar-refractivity contribution in [3.8, 4) is 5.75 Å². The van der Waals surface area contributed by atoms with E-state index in [4.69, 9.17) is 9.47 Å². The third-order valence-electron chi connectivity index (χ3n) is 4.43. The van der Waals surface area contributed by atoms with Crippen molar-refractivity contribution in [1.82, 2.24) is 9.80 Å². The van der Waals surface area contributed by atoms with Crippen molar-refractivity contribution in [2.24, 2.45) is 5.92 Å². The molecule has 134 valence electrons. The van der Waals surface area contributed by atoms with Crippen molar-refractivity contribution in [3.63, 3.8) is 0 Å². The minimum atomic E-state index is -0.323. The number of amides is 1. The Kier molecular flexibility index (Phi) is 6.99. The van der Waals surface area contributed by atoms with Crippen LogP contribution in [0.1, 0.15) is 13.3 Å². The molecule has 0 bridgehead atoms. The molecule has 0 saturated carbocycles. The average Bonchev–Trinajstić information content (AvgIpc) is 2.74. The van der Waals surface area contributed by atoms with Gasteiger partial charge in [0.1, 0.15) is 11.6 Å². The highest BCUT2D eigenvalue weighted by Crippen LogP contribution is 2.20. The maximum absolute atomic E-state index is 12.9. The first-order chi connectivity index (χ1) is 11.5. The number of hydrogen-bond donors (Lipinski definition) is 0. The number of halogens is 1. The van der Waals surface area contributed by atoms with Crippen molar-refractivity contribution >= 4 is 5.91 Å². The molecule has 0 radical (unpaired) electrons. The first kappa shape index (κ1) is 18.7. The van der Waals surface area contributed by atoms with Gasteiger partial charge in [-0.25, -0.2) is 4.39 Å². The van der Waals surface area contributed by atoms with Gasteiger partial charge in [0.15, 0.2) is 6.61 Å². The Bertz CT molecular complexity index is 522. The molecule has 0 aromatic heterocycles. The quantitative estimate of drug-likeness (QED) is 0.796. The van der Waals surface area contributed by atoms with Gasteiger partial charge in [-0.05, 0) is 58.3 Å². The predicted molar refractivity (Wildman–Crippen MR) is 90.6 cm³/mol. The van der Waals surface area contributed by atoms with Crippen LogP contribution in [0.3, 0.4) is 0 Å². The van der Waals surface area contributed by atoms with E-state index in [1.807, 2.05) is 19.0 Å². The highest BCUT2D eigenvalue weighted by molar-refractivity contribution is 5.78. The SMILES string of the molecule is C[C@H]1[C@H](CCN(C)C)COCCN1C(=O)COc1ccc(F)cc1. The third-order valence-corrected chi connectivity index (χ3v) is 4.43. The molecule has 1 saturated heterocycles. The van der Waals surface area contributed by atoms with E-state index in [1.54, 1.807) is 0 Å². The summed E-state index contributed by atoms with van der Waals surface area (Å²) in [5, 5.41) is 0. The lowest BCUT2D eigenvalue weighted by Crippen LogP contribution is -2.45. The van der Waals surface area contributed by atoms with Gasteiger partial charge in [0.25, 0.3) is 5.91 Å². The van der Waals surface area contributed by atoms with Crippen LogP contribution >= 0.6 is 0 Å². The van der Waals surface area contributed by atoms with Crippen LogP contribution in [0.25, 0.3) is 0 Å². The van der Waals surface area contributed by atoms with E-state index in [0.29, 0.717) is 31.4 Å². The Morgan fingerprint density at radius 1 is 1.38 bits per heavy atom. The summed E-state index contributed by atoms with van der Waals surface area (Å²) in [6.07, 6.45) is 0.983. The molecule has 0 spiro atoms. The second-order valence-corrected chi connectivity index (χ2v) is 6.50. The van der Waals surface area contributed by atoms with Crippen LogP contribution in [-0.4, -0.2) is 68.8 Å². The van der Waals surface area contributed by atoms with E-state index >= 15 is 0 Å². The van der Waals surface area contributed by atoms with Crippen LogP contribution in [0.5, 0.6) is 5.75 Å². The molecule has 1 heterocycles. The van der Waals surface area contributed by atoms with E-state index in [2.05, 4.69) is 11.8 Å². The van der Waals surface area contributed by atoms with Crippen molar-refractivity contribution in [2.45, 2.75) is 19.4 Å². The van der Waals surface area contributed by atoms with Crippen molar-refractivity contribution < 1.29 is 18.7 Å². The highest BCUT2D eigenvalue weighted by Gasteiger charge is 2.30. The second-order valence-electron chi connectivity index (χ2n) is 6.50. The molecular weight excluding hydrogens is 311 g/mol. The standard InChI is InChI=1S/C18H27FN2O3/c1-14-15(8-9-20(2)3)12-23-11-10-21(14)18(22)13-24-17-6-4-16(19)5-7-17/h4-7,14-15H,8-13H2,1-3H3/t14-,15+/m0/s1. The minimum Gasteiger partial charge on any atom is -0.484 e. The molecule has 2 atom stereocenters. The summed E-state index contributed by atoms with van der Waals surface area (Å²) in [7, 11) is 4.09. The average molecular weight is 338 g/mol. The zero-order valence-electron chi connectivity index (χ0n) is 14.7. The van der Waals surface area contributed by atoms with Gasteiger partial charge in [-0.15, -0.1) is 0 Å². The van der Waals surface area contributed by atoms with Gasteiger partial charge in [-0.2, -0.15) is 0 Å². The maximum Gasteiger partial charge on any atom is 0.260 e. The lowest BCUT2D eigenvalue weighted by atomic mass is 9.97. The summed E-state index contributed by atoms with van der Waals surface area (Å²) < 4.78 is 24.1. The lowest BCUT2D eigenvalue weighted by molar-refractivity contribution is -0.136. The maximum atomic E-state index is 12.9. The molecule has 1 aliphatic heterocycles. The third kappa shape index (κ3) is 5.46. The topological polar surface area (TPSA) is 42.0 Å². The number of rotatable bonds is 6. The van der Waals surface area contributed by atoms with Crippen LogP contribution in [0.15, 0.2) is 24.3 Å². The Morgan fingerprint density at radius 2 is 2.08 bits per heavy atom. The summed E-state index contributed by atoms with van der Waals surface area (Å²) in [6.45, 7) is 4.79. The Balaban J connectivity index is 1.91. The van der Waals surface area contributed by atoms with Crippen LogP contribution in [0.2, 0.25) is 0 Å². The van der Waals surface area contributed by atoms with Gasteiger partial charge in [-0.3, -0.25) is 4.79 Å². The van der Waals surface area contributed by atoms with E-state index in [1.165, 1.54) is 24.3 Å². The van der Waals surface area contributed by atoms with E-state index in [9.17, 15) is 9.18 Å². The van der Waals surface area contributed by atoms with Crippen LogP contribution < -0.4 is 4.74 Å². The smallest absolute Gasteiger partial charge is 0.260 e. The molecule has 1 aliphatic rings. The molecule has 1 amide bonds. The second kappa shape index (κ2) is 8.99. The first-order valence-corrected chi connectivity index (χ1v) is 8.37. The molecule has 2 rings (SSSR count). The normalized spacial score (nSPS) is 21.6. The van der Waals surface area contributed by atoms with Crippen molar-refractivity contribution in [3.05, 3.63) is 30.1 Å². The Morgan fingerprint density at radius 3 is 2.75 bits per heavy atom. The van der Waals surface area contributed by atoms with E-state index in [0.717, 1.165) is 13.0 Å². The molecule has 24 heavy (non-hydrogen) atoms. The zero-order chi connectivity index (χ0) is 17.5. The van der Waals surface area contributed by atoms with Crippen LogP contribution in [0, 0.1) is 11.7 Å². The minimum absolute atomic E-state index is 0.0453. The van der Waals surface area contributed by atoms with Crippen LogP contribution in [-0.2, 0) is 9.53 Å². The molecule has 1 fully saturated rings. The Labute approximate surface area is 143 Å². The molecular formula is C18H27FN2O3. The summed E-state index contributed by atoms with van der Waals surface area (Å²) in [5.74, 6) is 0.417. The first-order valence-electron chi connectivity index (χ1n) is 8.37. The fourth-order valence-electron chi connectivity index (χ4n) is 2.85. The highest BCUT2D eigenvalue weighted by atomic mass is 19.1. The van der Waals surface area contributed by atoms with E-state index < -0.39 is 0 Å². The van der Waals surface area contributed by atoms with Gasteiger partial charge in [0, 0.05) is 18.5 Å². The molecule has 6 heteroatoms. The van der Waals surface area contributed by atoms with Gasteiger partial charge in [0.05, 0.1) is 13.2 Å². The fraction of sp³-hybridized carbons (Fsp3) is 0.611. The predicted octanol–water partition coefficient (Wildman–Crippen LogP) is 2.02. The van der Waals surface area contributed by atoms with Gasteiger partial charge >= 0.3 is 0 Å². The lowest BCUT2D eigenvalue weighted by Gasteiger charge is -2.32. The van der Waals surface area contributed by atoms with Gasteiger partial charge in [0.2, 0.25) is 0 Å². The fourth-order valence-corrected chi connectivity index (χ4v) is 2.85. The Hall–Kier alpha value is -1.66. The molecule has 0 aliphatic carbocycles. The molecule has 0 unspecified atom stereocenters. The number of carbonyl (C=O) groups excluding carboxylic acids is 1. The number of hydrogen-bond acceptors (Lipinski definition) is 4. The number of nitrogens with zero attached hydrogens (tertiary/aromatic N) is 2. The summed E-state index contributed by atoms with van der Waals surface area (Å²) in [6, 6.07) is 5.80. The van der Waals surface area contributed by atoms with Crippen molar-refractivity contribution in [1.29, 1.82) is 0 Å². The summed E-state index contributed by atoms with van der Waals surface area (Å²) >= 11 is 0. The summed E-state index contributed by atoms with van der Waals surface area (Å²) in [4.78, 5) is 16.5. The zero-order valence-corrected chi connectivity index (χ0v) is 14.7. The monoisotopic (exact) mass is 338 g/mol. The summed E-state index contributed by atoms with van der Waals surface area (Å²) in [5.41, 5.74) is 0. The van der Waals surface area contributed by atoms with E-state index in [-0.39, 0.29) is 24.4 Å². The number of ether oxygens (including phenoxy) is 2. The van der Waals surface area contributed by atoms with Crippen LogP contribution in [0.4, 0.5) is 4.39 Å². The molecule has 0 N–H and O–H groups in total. The molecule has 1 aromatic carbocycles. The van der Waals surface area contributed by atoms with Gasteiger partial charge < -0.3 is 19.3 Å².